The Morgan fingerprint density at radius 3 is 2.82 bits per heavy atom. The van der Waals surface area contributed by atoms with Gasteiger partial charge in [-0.3, -0.25) is 14.9 Å². The molecule has 3 heterocycles. The molecule has 1 aliphatic rings. The van der Waals surface area contributed by atoms with Crippen molar-refractivity contribution < 1.29 is 27.9 Å². The first-order valence-electron chi connectivity index (χ1n) is 13.4. The average Bonchev–Trinajstić information content (AvgIpc) is 3.71. The van der Waals surface area contributed by atoms with Crippen molar-refractivity contribution in [2.75, 3.05) is 17.7 Å². The number of hydrogen-bond donors (Lipinski definition) is 4. The molecule has 228 valence electrons. The van der Waals surface area contributed by atoms with E-state index in [1.807, 2.05) is 0 Å². The van der Waals surface area contributed by atoms with Crippen LogP contribution in [0.4, 0.5) is 25.0 Å². The molecule has 2 aromatic carbocycles. The van der Waals surface area contributed by atoms with Gasteiger partial charge < -0.3 is 20.4 Å². The summed E-state index contributed by atoms with van der Waals surface area (Å²) >= 11 is 6.17. The summed E-state index contributed by atoms with van der Waals surface area (Å²) in [7, 11) is 1.18. The second-order valence-electron chi connectivity index (χ2n) is 9.80. The van der Waals surface area contributed by atoms with Crippen LogP contribution in [0.5, 0.6) is 0 Å². The molecule has 0 spiro atoms. The molecule has 0 saturated heterocycles. The van der Waals surface area contributed by atoms with Crippen molar-refractivity contribution in [3.8, 4) is 16.9 Å². The fourth-order valence-corrected chi connectivity index (χ4v) is 4.78. The van der Waals surface area contributed by atoms with Crippen LogP contribution in [-0.2, 0) is 14.3 Å². The fraction of sp³-hybridized carbons (Fsp3) is 0.250. The molecule has 4 aromatic rings. The molecule has 0 fully saturated rings. The third kappa shape index (κ3) is 7.06. The number of rotatable bonds is 5. The summed E-state index contributed by atoms with van der Waals surface area (Å²) in [4.78, 5) is 45.0. The van der Waals surface area contributed by atoms with Crippen LogP contribution < -0.4 is 16.0 Å². The maximum Gasteiger partial charge on any atom is 0.411 e. The van der Waals surface area contributed by atoms with Crippen LogP contribution in [0, 0.1) is 0 Å². The number of H-pyrrole nitrogens is 1. The van der Waals surface area contributed by atoms with Crippen molar-refractivity contribution in [2.24, 2.45) is 0 Å². The molecular weight excluding hydrogens is 600 g/mol. The number of aromatic amines is 1. The molecule has 5 rings (SSSR count). The Balaban J connectivity index is 1.42. The van der Waals surface area contributed by atoms with E-state index < -0.39 is 36.3 Å². The van der Waals surface area contributed by atoms with Gasteiger partial charge in [-0.05, 0) is 65.7 Å². The number of imidazole rings is 1. The number of carbonyl (C=O) groups is 3. The molecule has 13 nitrogen and oxygen atoms in total. The van der Waals surface area contributed by atoms with E-state index in [0.717, 1.165) is 0 Å². The highest BCUT2D eigenvalue weighted by Gasteiger charge is 2.38. The molecule has 3 amide bonds. The maximum atomic E-state index is 14.8. The van der Waals surface area contributed by atoms with Crippen LogP contribution in [0.3, 0.4) is 0 Å². The number of hydrogen-bond acceptors (Lipinski definition) is 8. The van der Waals surface area contributed by atoms with Crippen molar-refractivity contribution >= 4 is 47.0 Å². The van der Waals surface area contributed by atoms with Gasteiger partial charge in [0.2, 0.25) is 5.91 Å². The molecule has 0 aliphatic carbocycles. The summed E-state index contributed by atoms with van der Waals surface area (Å²) in [5, 5.41) is 19.2. The molecule has 0 radical (unpaired) electrons. The number of ether oxygens (including phenoxy) is 1. The zero-order chi connectivity index (χ0) is 31.3. The van der Waals surface area contributed by atoms with Gasteiger partial charge in [-0.15, -0.1) is 5.10 Å². The summed E-state index contributed by atoms with van der Waals surface area (Å²) in [5.74, 6) is -5.23. The minimum absolute atomic E-state index is 0.00398. The molecule has 4 N–H and O–H groups in total. The summed E-state index contributed by atoms with van der Waals surface area (Å²) in [6.07, 6.45) is 4.88. The van der Waals surface area contributed by atoms with Gasteiger partial charge in [-0.1, -0.05) is 18.0 Å². The van der Waals surface area contributed by atoms with E-state index >= 15 is 0 Å². The van der Waals surface area contributed by atoms with Gasteiger partial charge in [0.15, 0.2) is 0 Å². The van der Waals surface area contributed by atoms with Gasteiger partial charge >= 0.3 is 12.0 Å². The number of methoxy groups -OCH3 is 1. The molecular formula is C28H26ClF2N9O4. The highest BCUT2D eigenvalue weighted by molar-refractivity contribution is 6.30. The standard InChI is InChI=1S/C28H26ClF2N9O4/c1-44-27(43)34-18-7-8-19-21(13-18)37-26(42)28(30,31)11-3-2-4-20(25-32-14-22(19)36-25)35-24(41)10-5-16-12-17(29)6-9-23(16)40-15-33-38-39-40/h5-10,12-15,20H,2-4,11H2,1H3,(H,32,36)(H,34,43)(H,35,41)(H,37,42). The predicted molar refractivity (Wildman–Crippen MR) is 156 cm³/mol. The molecule has 44 heavy (non-hydrogen) atoms. The summed E-state index contributed by atoms with van der Waals surface area (Å²) in [6.45, 7) is 0. The molecule has 16 heteroatoms. The van der Waals surface area contributed by atoms with E-state index in [1.165, 1.54) is 48.6 Å². The number of fused-ring (bicyclic) bond motifs is 4. The van der Waals surface area contributed by atoms with E-state index in [1.54, 1.807) is 24.3 Å². The number of tetrazole rings is 1. The van der Waals surface area contributed by atoms with Gasteiger partial charge in [0, 0.05) is 40.5 Å². The molecule has 2 aromatic heterocycles. The highest BCUT2D eigenvalue weighted by Crippen LogP contribution is 2.34. The van der Waals surface area contributed by atoms with Gasteiger partial charge in [-0.25, -0.2) is 9.78 Å². The number of aromatic nitrogens is 6. The second kappa shape index (κ2) is 13.0. The SMILES string of the molecule is COC(=O)Nc1ccc2c(c1)NC(=O)C(F)(F)CCCCC(NC(=O)C=Cc1cc(Cl)ccc1-n1cnnn1)c1nc-2c[nH]1. The number of carbonyl (C=O) groups excluding carboxylic acids is 3. The van der Waals surface area contributed by atoms with Crippen LogP contribution in [0.1, 0.15) is 43.1 Å². The lowest BCUT2D eigenvalue weighted by Gasteiger charge is -2.18. The largest absolute Gasteiger partial charge is 0.453 e. The average molecular weight is 626 g/mol. The maximum absolute atomic E-state index is 14.8. The number of nitrogens with one attached hydrogen (secondary N) is 4. The Morgan fingerprint density at radius 1 is 1.20 bits per heavy atom. The van der Waals surface area contributed by atoms with E-state index in [0.29, 0.717) is 33.4 Å². The smallest absolute Gasteiger partial charge is 0.411 e. The lowest BCUT2D eigenvalue weighted by atomic mass is 10.0. The van der Waals surface area contributed by atoms with Crippen LogP contribution in [0.25, 0.3) is 23.0 Å². The minimum atomic E-state index is -3.66. The van der Waals surface area contributed by atoms with Crippen LogP contribution in [0.2, 0.25) is 5.02 Å². The van der Waals surface area contributed by atoms with E-state index in [2.05, 4.69) is 46.2 Å². The summed E-state index contributed by atoms with van der Waals surface area (Å²) in [6, 6.07) is 8.71. The van der Waals surface area contributed by atoms with E-state index in [-0.39, 0.29) is 30.6 Å². The monoisotopic (exact) mass is 625 g/mol. The third-order valence-corrected chi connectivity index (χ3v) is 7.02. The minimum Gasteiger partial charge on any atom is -0.453 e. The molecule has 1 aliphatic heterocycles. The number of anilines is 2. The molecule has 1 atom stereocenters. The summed E-state index contributed by atoms with van der Waals surface area (Å²) < 4.78 is 35.6. The second-order valence-corrected chi connectivity index (χ2v) is 10.2. The van der Waals surface area contributed by atoms with Gasteiger partial charge in [0.1, 0.15) is 12.2 Å². The Bertz CT molecular complexity index is 1710. The van der Waals surface area contributed by atoms with Crippen molar-refractivity contribution in [3.63, 3.8) is 0 Å². The first-order chi connectivity index (χ1) is 21.1. The van der Waals surface area contributed by atoms with Gasteiger partial charge in [0.05, 0.1) is 30.2 Å². The Labute approximate surface area is 254 Å². The Hall–Kier alpha value is -5.18. The number of amides is 3. The normalized spacial score (nSPS) is 16.5. The van der Waals surface area contributed by atoms with Crippen molar-refractivity contribution in [1.82, 2.24) is 35.5 Å². The third-order valence-electron chi connectivity index (χ3n) is 6.79. The topological polar surface area (TPSA) is 169 Å². The summed E-state index contributed by atoms with van der Waals surface area (Å²) in [5.41, 5.74) is 2.01. The lowest BCUT2D eigenvalue weighted by Crippen LogP contribution is -2.34. The molecule has 0 saturated carbocycles. The molecule has 2 bridgehead atoms. The van der Waals surface area contributed by atoms with E-state index in [9.17, 15) is 23.2 Å². The van der Waals surface area contributed by atoms with Crippen molar-refractivity contribution in [1.29, 1.82) is 0 Å². The first-order valence-corrected chi connectivity index (χ1v) is 13.8. The number of benzene rings is 2. The number of halogens is 3. The predicted octanol–water partition coefficient (Wildman–Crippen LogP) is 4.90. The van der Waals surface area contributed by atoms with Crippen molar-refractivity contribution in [2.45, 2.75) is 37.6 Å². The number of alkyl halides is 2. The van der Waals surface area contributed by atoms with Crippen LogP contribution >= 0.6 is 11.6 Å². The van der Waals surface area contributed by atoms with Gasteiger partial charge in [-0.2, -0.15) is 13.5 Å². The quantitative estimate of drug-likeness (QED) is 0.227. The van der Waals surface area contributed by atoms with Crippen molar-refractivity contribution in [3.05, 3.63) is 71.4 Å². The van der Waals surface area contributed by atoms with Crippen LogP contribution in [-0.4, -0.2) is 61.1 Å². The fourth-order valence-electron chi connectivity index (χ4n) is 4.60. The first kappa shape index (κ1) is 30.3. The lowest BCUT2D eigenvalue weighted by molar-refractivity contribution is -0.140. The number of nitrogens with zero attached hydrogens (tertiary/aromatic N) is 5. The van der Waals surface area contributed by atoms with Gasteiger partial charge in [0.25, 0.3) is 5.91 Å². The van der Waals surface area contributed by atoms with Crippen LogP contribution in [0.15, 0.2) is 55.0 Å². The van der Waals surface area contributed by atoms with E-state index in [4.69, 9.17) is 11.6 Å². The zero-order valence-electron chi connectivity index (χ0n) is 23.2. The molecule has 1 unspecified atom stereocenters. The highest BCUT2D eigenvalue weighted by atomic mass is 35.5. The Kier molecular flexibility index (Phi) is 8.94. The Morgan fingerprint density at radius 2 is 2.05 bits per heavy atom. The zero-order valence-corrected chi connectivity index (χ0v) is 23.9.